The predicted molar refractivity (Wildman–Crippen MR) is 48.2 cm³/mol. The minimum atomic E-state index is 0.236. The van der Waals surface area contributed by atoms with Gasteiger partial charge in [-0.05, 0) is 24.7 Å². The Kier molecular flexibility index (Phi) is 1.32. The Bertz CT molecular complexity index is 214. The summed E-state index contributed by atoms with van der Waals surface area (Å²) in [7, 11) is 0. The number of hydrogen-bond donors (Lipinski definition) is 0. The molecule has 0 aliphatic heterocycles. The molecular formula is C11H14. The molecule has 2 unspecified atom stereocenters. The fraction of sp³-hybridized carbons (Fsp3) is 0.455. The van der Waals surface area contributed by atoms with Crippen LogP contribution in [0.15, 0.2) is 37.5 Å². The maximum Gasteiger partial charge on any atom is 0.0124 e. The van der Waals surface area contributed by atoms with E-state index in [0.29, 0.717) is 5.92 Å². The quantitative estimate of drug-likeness (QED) is 0.525. The SMILES string of the molecule is C=CC1(C=C)CC2C=CC1C2. The summed E-state index contributed by atoms with van der Waals surface area (Å²) in [6.07, 6.45) is 11.4. The minimum absolute atomic E-state index is 0.236. The number of rotatable bonds is 2. The van der Waals surface area contributed by atoms with Gasteiger partial charge in [0.25, 0.3) is 0 Å². The third kappa shape index (κ3) is 0.756. The summed E-state index contributed by atoms with van der Waals surface area (Å²) < 4.78 is 0. The van der Waals surface area contributed by atoms with Crippen LogP contribution in [0.4, 0.5) is 0 Å². The van der Waals surface area contributed by atoms with Crippen molar-refractivity contribution in [2.45, 2.75) is 12.8 Å². The van der Waals surface area contributed by atoms with E-state index in [4.69, 9.17) is 0 Å². The monoisotopic (exact) mass is 146 g/mol. The van der Waals surface area contributed by atoms with Crippen molar-refractivity contribution in [3.05, 3.63) is 37.5 Å². The summed E-state index contributed by atoms with van der Waals surface area (Å²) in [5.74, 6) is 1.50. The Balaban J connectivity index is 2.35. The fourth-order valence-electron chi connectivity index (χ4n) is 2.48. The van der Waals surface area contributed by atoms with Gasteiger partial charge in [-0.3, -0.25) is 0 Å². The molecule has 2 aliphatic carbocycles. The van der Waals surface area contributed by atoms with Gasteiger partial charge in [0.05, 0.1) is 0 Å². The van der Waals surface area contributed by atoms with E-state index in [1.54, 1.807) is 0 Å². The lowest BCUT2D eigenvalue weighted by atomic mass is 9.76. The first-order valence-electron chi connectivity index (χ1n) is 4.26. The molecule has 11 heavy (non-hydrogen) atoms. The lowest BCUT2D eigenvalue weighted by Gasteiger charge is -2.28. The van der Waals surface area contributed by atoms with Crippen LogP contribution in [0.2, 0.25) is 0 Å². The predicted octanol–water partition coefficient (Wildman–Crippen LogP) is 2.94. The van der Waals surface area contributed by atoms with E-state index in [1.807, 2.05) is 0 Å². The molecule has 2 atom stereocenters. The Labute approximate surface area is 68.3 Å². The smallest absolute Gasteiger partial charge is 0.0124 e. The molecule has 0 amide bonds. The molecule has 0 heterocycles. The lowest BCUT2D eigenvalue weighted by molar-refractivity contribution is 0.411. The van der Waals surface area contributed by atoms with E-state index < -0.39 is 0 Å². The van der Waals surface area contributed by atoms with E-state index in [1.165, 1.54) is 12.8 Å². The Morgan fingerprint density at radius 1 is 1.27 bits per heavy atom. The van der Waals surface area contributed by atoms with Gasteiger partial charge in [0.2, 0.25) is 0 Å². The van der Waals surface area contributed by atoms with Crippen LogP contribution in [0.1, 0.15) is 12.8 Å². The van der Waals surface area contributed by atoms with Crippen molar-refractivity contribution < 1.29 is 0 Å². The van der Waals surface area contributed by atoms with E-state index in [2.05, 4.69) is 37.5 Å². The summed E-state index contributed by atoms with van der Waals surface area (Å²) in [6.45, 7) is 7.80. The van der Waals surface area contributed by atoms with Gasteiger partial charge >= 0.3 is 0 Å². The zero-order chi connectivity index (χ0) is 7.90. The number of hydrogen-bond acceptors (Lipinski definition) is 0. The van der Waals surface area contributed by atoms with Crippen molar-refractivity contribution in [3.63, 3.8) is 0 Å². The van der Waals surface area contributed by atoms with Crippen LogP contribution in [-0.2, 0) is 0 Å². The average molecular weight is 146 g/mol. The zero-order valence-corrected chi connectivity index (χ0v) is 6.79. The largest absolute Gasteiger partial charge is 0.102 e. The highest BCUT2D eigenvalue weighted by atomic mass is 14.5. The Hall–Kier alpha value is -0.780. The highest BCUT2D eigenvalue weighted by Crippen LogP contribution is 2.53. The molecule has 0 aromatic rings. The molecule has 1 saturated carbocycles. The third-order valence-electron chi connectivity index (χ3n) is 3.24. The summed E-state index contributed by atoms with van der Waals surface area (Å²) in [5.41, 5.74) is 0.236. The van der Waals surface area contributed by atoms with E-state index in [-0.39, 0.29) is 5.41 Å². The maximum atomic E-state index is 3.90. The number of fused-ring (bicyclic) bond motifs is 2. The Morgan fingerprint density at radius 3 is 2.27 bits per heavy atom. The van der Waals surface area contributed by atoms with E-state index in [9.17, 15) is 0 Å². The lowest BCUT2D eigenvalue weighted by Crippen LogP contribution is -2.19. The average Bonchev–Trinajstić information content (AvgIpc) is 2.62. The van der Waals surface area contributed by atoms with Gasteiger partial charge in [-0.1, -0.05) is 24.3 Å². The van der Waals surface area contributed by atoms with Crippen LogP contribution < -0.4 is 0 Å². The molecule has 0 aromatic carbocycles. The topological polar surface area (TPSA) is 0 Å². The summed E-state index contributed by atoms with van der Waals surface area (Å²) >= 11 is 0. The summed E-state index contributed by atoms with van der Waals surface area (Å²) in [5, 5.41) is 0. The highest BCUT2D eigenvalue weighted by molar-refractivity contribution is 5.25. The van der Waals surface area contributed by atoms with Gasteiger partial charge in [-0.15, -0.1) is 13.2 Å². The minimum Gasteiger partial charge on any atom is -0.102 e. The molecule has 0 saturated heterocycles. The van der Waals surface area contributed by atoms with Crippen molar-refractivity contribution in [2.75, 3.05) is 0 Å². The normalized spacial score (nSPS) is 37.5. The van der Waals surface area contributed by atoms with Crippen molar-refractivity contribution >= 4 is 0 Å². The first-order chi connectivity index (χ1) is 5.30. The maximum absolute atomic E-state index is 3.90. The molecule has 0 nitrogen and oxygen atoms in total. The first-order valence-corrected chi connectivity index (χ1v) is 4.26. The molecular weight excluding hydrogens is 132 g/mol. The van der Waals surface area contributed by atoms with Crippen LogP contribution in [0.25, 0.3) is 0 Å². The van der Waals surface area contributed by atoms with Gasteiger partial charge in [0.1, 0.15) is 0 Å². The molecule has 0 N–H and O–H groups in total. The van der Waals surface area contributed by atoms with Crippen molar-refractivity contribution in [1.82, 2.24) is 0 Å². The molecule has 2 aliphatic rings. The summed E-state index contributed by atoms with van der Waals surface area (Å²) in [6, 6.07) is 0. The molecule has 0 radical (unpaired) electrons. The van der Waals surface area contributed by atoms with Gasteiger partial charge in [0.15, 0.2) is 0 Å². The second-order valence-electron chi connectivity index (χ2n) is 3.71. The van der Waals surface area contributed by atoms with Crippen LogP contribution >= 0.6 is 0 Å². The van der Waals surface area contributed by atoms with Crippen LogP contribution in [0, 0.1) is 17.3 Å². The Morgan fingerprint density at radius 2 is 2.00 bits per heavy atom. The van der Waals surface area contributed by atoms with Crippen molar-refractivity contribution in [3.8, 4) is 0 Å². The highest BCUT2D eigenvalue weighted by Gasteiger charge is 2.43. The molecule has 2 rings (SSSR count). The van der Waals surface area contributed by atoms with Gasteiger partial charge in [-0.25, -0.2) is 0 Å². The molecule has 0 heteroatoms. The fourth-order valence-corrected chi connectivity index (χ4v) is 2.48. The van der Waals surface area contributed by atoms with Gasteiger partial charge in [-0.2, -0.15) is 0 Å². The second-order valence-corrected chi connectivity index (χ2v) is 3.71. The zero-order valence-electron chi connectivity index (χ0n) is 6.79. The molecule has 1 fully saturated rings. The van der Waals surface area contributed by atoms with Crippen LogP contribution in [-0.4, -0.2) is 0 Å². The van der Waals surface area contributed by atoms with E-state index >= 15 is 0 Å². The second kappa shape index (κ2) is 2.10. The first kappa shape index (κ1) is 6.90. The van der Waals surface area contributed by atoms with Crippen LogP contribution in [0.3, 0.4) is 0 Å². The van der Waals surface area contributed by atoms with Gasteiger partial charge in [0, 0.05) is 5.41 Å². The summed E-state index contributed by atoms with van der Waals surface area (Å²) in [4.78, 5) is 0. The standard InChI is InChI=1S/C11H14/c1-3-11(4-2)8-9-5-6-10(11)7-9/h3-6,9-10H,1-2,7-8H2. The molecule has 2 bridgehead atoms. The molecule has 0 spiro atoms. The van der Waals surface area contributed by atoms with Gasteiger partial charge < -0.3 is 0 Å². The number of allylic oxidation sites excluding steroid dienone is 4. The molecule has 58 valence electrons. The van der Waals surface area contributed by atoms with Crippen molar-refractivity contribution in [1.29, 1.82) is 0 Å². The third-order valence-corrected chi connectivity index (χ3v) is 3.24. The molecule has 0 aromatic heterocycles. The van der Waals surface area contributed by atoms with Crippen molar-refractivity contribution in [2.24, 2.45) is 17.3 Å². The van der Waals surface area contributed by atoms with Crippen LogP contribution in [0.5, 0.6) is 0 Å². The van der Waals surface area contributed by atoms with E-state index in [0.717, 1.165) is 5.92 Å².